The first kappa shape index (κ1) is 10.9. The van der Waals surface area contributed by atoms with Crippen molar-refractivity contribution in [2.75, 3.05) is 5.32 Å². The highest BCUT2D eigenvalue weighted by atomic mass is 32.1. The second-order valence-corrected chi connectivity index (χ2v) is 4.59. The zero-order valence-corrected chi connectivity index (χ0v) is 10.1. The van der Waals surface area contributed by atoms with Gasteiger partial charge in [0.1, 0.15) is 5.82 Å². The van der Waals surface area contributed by atoms with E-state index in [1.165, 1.54) is 11.3 Å². The summed E-state index contributed by atoms with van der Waals surface area (Å²) in [7, 11) is 0. The molecule has 0 aromatic carbocycles. The molecule has 0 bridgehead atoms. The summed E-state index contributed by atoms with van der Waals surface area (Å²) in [5.74, 6) is 0.741. The van der Waals surface area contributed by atoms with Crippen LogP contribution < -0.4 is 5.32 Å². The number of H-pyrrole nitrogens is 1. The number of anilines is 2. The number of thiazole rings is 1. The molecule has 0 saturated carbocycles. The van der Waals surface area contributed by atoms with Gasteiger partial charge >= 0.3 is 0 Å². The molecule has 6 heteroatoms. The maximum Gasteiger partial charge on any atom is 0.189 e. The molecule has 0 spiro atoms. The van der Waals surface area contributed by atoms with Crippen LogP contribution in [0.2, 0.25) is 0 Å². The Balaban J connectivity index is 1.89. The van der Waals surface area contributed by atoms with Crippen LogP contribution in [0, 0.1) is 6.92 Å². The Hall–Kier alpha value is -2.21. The lowest BCUT2D eigenvalue weighted by atomic mass is 10.2. The normalized spacial score (nSPS) is 10.5. The van der Waals surface area contributed by atoms with Crippen molar-refractivity contribution in [3.63, 3.8) is 0 Å². The summed E-state index contributed by atoms with van der Waals surface area (Å²) in [6.07, 6.45) is 5.17. The van der Waals surface area contributed by atoms with E-state index in [-0.39, 0.29) is 0 Å². The minimum Gasteiger partial charge on any atom is -0.316 e. The average molecular weight is 255 g/mol. The number of pyridine rings is 1. The molecule has 3 heterocycles. The Bertz CT molecular complexity index is 630. The number of nitrogens with zero attached hydrogens (tertiary/aromatic N) is 3. The number of hydrogen-bond acceptors (Lipinski definition) is 5. The molecule has 0 unspecified atom stereocenters. The van der Waals surface area contributed by atoms with Gasteiger partial charge in [-0.05, 0) is 12.1 Å². The number of rotatable bonds is 3. The quantitative estimate of drug-likeness (QED) is 0.755. The zero-order chi connectivity index (χ0) is 12.4. The zero-order valence-electron chi connectivity index (χ0n) is 9.29. The van der Waals surface area contributed by atoms with E-state index in [1.807, 2.05) is 18.2 Å². The summed E-state index contributed by atoms with van der Waals surface area (Å²) < 4.78 is 0. The van der Waals surface area contributed by atoms with Gasteiger partial charge in [-0.3, -0.25) is 5.10 Å². The molecule has 3 aromatic heterocycles. The molecule has 3 aromatic rings. The molecule has 5 nitrogen and oxygen atoms in total. The van der Waals surface area contributed by atoms with E-state index in [2.05, 4.69) is 25.5 Å². The standard InChI is InChI=1S/C12H9N5S/c1-8-11(9-6-14-15-7-9)17-12(18-8)16-10-4-2-3-5-13-10/h1-7H,(H,14,15)(H,13,16,17). The van der Waals surface area contributed by atoms with Gasteiger partial charge in [0.15, 0.2) is 5.13 Å². The van der Waals surface area contributed by atoms with Crippen molar-refractivity contribution in [2.24, 2.45) is 0 Å². The van der Waals surface area contributed by atoms with Gasteiger partial charge in [0.2, 0.25) is 0 Å². The fourth-order valence-corrected chi connectivity index (χ4v) is 2.28. The van der Waals surface area contributed by atoms with E-state index in [0.29, 0.717) is 10.0 Å². The molecule has 2 N–H and O–H groups in total. The van der Waals surface area contributed by atoms with Crippen LogP contribution in [0.4, 0.5) is 10.9 Å². The molecule has 0 aliphatic heterocycles. The molecule has 0 fully saturated rings. The van der Waals surface area contributed by atoms with Crippen molar-refractivity contribution in [1.82, 2.24) is 20.2 Å². The Morgan fingerprint density at radius 2 is 2.28 bits per heavy atom. The summed E-state index contributed by atoms with van der Waals surface area (Å²) in [4.78, 5) is 9.25. The number of aromatic amines is 1. The first-order valence-electron chi connectivity index (χ1n) is 5.26. The Labute approximate surface area is 108 Å². The van der Waals surface area contributed by atoms with E-state index < -0.39 is 0 Å². The molecule has 0 atom stereocenters. The van der Waals surface area contributed by atoms with Gasteiger partial charge in [-0.25, -0.2) is 9.97 Å². The minimum atomic E-state index is 0.648. The predicted molar refractivity (Wildman–Crippen MR) is 70.6 cm³/mol. The predicted octanol–water partition coefficient (Wildman–Crippen LogP) is 2.73. The van der Waals surface area contributed by atoms with Crippen LogP contribution in [0.5, 0.6) is 0 Å². The van der Waals surface area contributed by atoms with Gasteiger partial charge in [-0.1, -0.05) is 6.07 Å². The van der Waals surface area contributed by atoms with Gasteiger partial charge in [0.05, 0.1) is 11.9 Å². The maximum atomic E-state index is 5.94. The lowest BCUT2D eigenvalue weighted by Crippen LogP contribution is -1.91. The molecule has 3 rings (SSSR count). The summed E-state index contributed by atoms with van der Waals surface area (Å²) in [6, 6.07) is 5.64. The lowest BCUT2D eigenvalue weighted by molar-refractivity contribution is 1.09. The average Bonchev–Trinajstić information content (AvgIpc) is 3.00. The smallest absolute Gasteiger partial charge is 0.189 e. The van der Waals surface area contributed by atoms with Crippen LogP contribution in [0.1, 0.15) is 4.88 Å². The summed E-state index contributed by atoms with van der Waals surface area (Å²) >= 11 is 1.38. The Morgan fingerprint density at radius 3 is 3.00 bits per heavy atom. The van der Waals surface area contributed by atoms with Gasteiger partial charge in [0.25, 0.3) is 0 Å². The Morgan fingerprint density at radius 1 is 1.33 bits per heavy atom. The van der Waals surface area contributed by atoms with Crippen molar-refractivity contribution in [3.05, 3.63) is 48.6 Å². The van der Waals surface area contributed by atoms with Crippen molar-refractivity contribution in [1.29, 1.82) is 0 Å². The highest BCUT2D eigenvalue weighted by molar-refractivity contribution is 7.16. The van der Waals surface area contributed by atoms with Crippen LogP contribution >= 0.6 is 11.3 Å². The highest BCUT2D eigenvalue weighted by Gasteiger charge is 2.11. The summed E-state index contributed by atoms with van der Waals surface area (Å²) in [5.41, 5.74) is 1.60. The molecule has 2 radical (unpaired) electrons. The van der Waals surface area contributed by atoms with Crippen molar-refractivity contribution >= 4 is 22.3 Å². The van der Waals surface area contributed by atoms with E-state index in [0.717, 1.165) is 17.1 Å². The van der Waals surface area contributed by atoms with Gasteiger partial charge < -0.3 is 5.32 Å². The SMILES string of the molecule is [CH]c1sc(Nc2ccccn2)nc1-c1cn[nH]c1. The largest absolute Gasteiger partial charge is 0.316 e. The lowest BCUT2D eigenvalue weighted by Gasteiger charge is -1.99. The molecule has 0 saturated heterocycles. The van der Waals surface area contributed by atoms with Gasteiger partial charge in [-0.15, -0.1) is 11.3 Å². The monoisotopic (exact) mass is 255 g/mol. The molecule has 88 valence electrons. The third-order valence-electron chi connectivity index (χ3n) is 2.32. The van der Waals surface area contributed by atoms with Crippen LogP contribution in [-0.2, 0) is 0 Å². The summed E-state index contributed by atoms with van der Waals surface area (Å²) in [6.45, 7) is 5.94. The third-order valence-corrected chi connectivity index (χ3v) is 3.12. The van der Waals surface area contributed by atoms with Crippen molar-refractivity contribution in [2.45, 2.75) is 0 Å². The van der Waals surface area contributed by atoms with Crippen LogP contribution in [-0.4, -0.2) is 20.2 Å². The molecule has 18 heavy (non-hydrogen) atoms. The highest BCUT2D eigenvalue weighted by Crippen LogP contribution is 2.30. The molecule has 0 aliphatic rings. The fourth-order valence-electron chi connectivity index (χ4n) is 1.52. The van der Waals surface area contributed by atoms with Gasteiger partial charge in [-0.2, -0.15) is 5.10 Å². The Kier molecular flexibility index (Phi) is 2.77. The van der Waals surface area contributed by atoms with E-state index in [1.54, 1.807) is 18.6 Å². The van der Waals surface area contributed by atoms with Crippen molar-refractivity contribution in [3.8, 4) is 11.3 Å². The first-order chi connectivity index (χ1) is 8.83. The third kappa shape index (κ3) is 2.10. The van der Waals surface area contributed by atoms with Crippen LogP contribution in [0.25, 0.3) is 11.3 Å². The van der Waals surface area contributed by atoms with E-state index >= 15 is 0 Å². The van der Waals surface area contributed by atoms with E-state index in [9.17, 15) is 0 Å². The van der Waals surface area contributed by atoms with Crippen molar-refractivity contribution < 1.29 is 0 Å². The van der Waals surface area contributed by atoms with Crippen LogP contribution in [0.3, 0.4) is 0 Å². The second-order valence-electron chi connectivity index (χ2n) is 3.56. The first-order valence-corrected chi connectivity index (χ1v) is 6.08. The molecule has 0 aliphatic carbocycles. The van der Waals surface area contributed by atoms with Gasteiger partial charge in [0, 0.05) is 29.8 Å². The number of aromatic nitrogens is 4. The molecule has 0 amide bonds. The summed E-state index contributed by atoms with van der Waals surface area (Å²) in [5, 5.41) is 10.4. The fraction of sp³-hybridized carbons (Fsp3) is 0. The van der Waals surface area contributed by atoms with E-state index in [4.69, 9.17) is 6.92 Å². The molecular weight excluding hydrogens is 246 g/mol. The number of hydrogen-bond donors (Lipinski definition) is 2. The number of nitrogens with one attached hydrogen (secondary N) is 2. The second kappa shape index (κ2) is 4.58. The minimum absolute atomic E-state index is 0.648. The topological polar surface area (TPSA) is 66.5 Å². The molecular formula is C12H9N5S. The van der Waals surface area contributed by atoms with Crippen LogP contribution in [0.15, 0.2) is 36.8 Å². The maximum absolute atomic E-state index is 5.94.